The van der Waals surface area contributed by atoms with E-state index >= 15 is 0 Å². The topological polar surface area (TPSA) is 37.3 Å². The van der Waals surface area contributed by atoms with Crippen molar-refractivity contribution in [3.8, 4) is 0 Å². The molecule has 0 aliphatic heterocycles. The summed E-state index contributed by atoms with van der Waals surface area (Å²) in [5.74, 6) is 0.0440. The first-order valence-electron chi connectivity index (χ1n) is 1.99. The number of carbonyl (C=O) groups excluding carboxylic acids is 1. The lowest BCUT2D eigenvalue weighted by atomic mass is 10.3. The zero-order valence-electron chi connectivity index (χ0n) is 3.85. The van der Waals surface area contributed by atoms with Crippen molar-refractivity contribution in [1.82, 2.24) is 0 Å². The zero-order chi connectivity index (χ0) is 5.70. The number of hydrogen-bond donors (Lipinski definition) is 1. The van der Waals surface area contributed by atoms with Crippen molar-refractivity contribution in [2.45, 2.75) is 6.42 Å². The molecular formula is C4H7BrO2. The number of alkyl halides is 1. The highest BCUT2D eigenvalue weighted by molar-refractivity contribution is 9.09. The van der Waals surface area contributed by atoms with E-state index in [2.05, 4.69) is 15.9 Å². The lowest BCUT2D eigenvalue weighted by molar-refractivity contribution is -0.117. The van der Waals surface area contributed by atoms with Crippen molar-refractivity contribution in [3.05, 3.63) is 0 Å². The van der Waals surface area contributed by atoms with Crippen LogP contribution in [-0.4, -0.2) is 22.8 Å². The van der Waals surface area contributed by atoms with Crippen LogP contribution in [0.1, 0.15) is 6.42 Å². The second-order valence-corrected chi connectivity index (χ2v) is 1.71. The van der Waals surface area contributed by atoms with Gasteiger partial charge in [-0.15, -0.1) is 0 Å². The molecular weight excluding hydrogens is 160 g/mol. The minimum Gasteiger partial charge on any atom is -0.396 e. The number of hydrogen-bond acceptors (Lipinski definition) is 2. The Morgan fingerprint density at radius 2 is 2.29 bits per heavy atom. The van der Waals surface area contributed by atoms with Gasteiger partial charge in [0.05, 0.1) is 5.33 Å². The maximum atomic E-state index is 10.2. The van der Waals surface area contributed by atoms with E-state index in [9.17, 15) is 4.79 Å². The van der Waals surface area contributed by atoms with Gasteiger partial charge in [-0.2, -0.15) is 0 Å². The van der Waals surface area contributed by atoms with Crippen LogP contribution in [-0.2, 0) is 4.79 Å². The van der Waals surface area contributed by atoms with Crippen LogP contribution in [0.2, 0.25) is 0 Å². The molecule has 0 saturated carbocycles. The molecule has 0 aromatic carbocycles. The van der Waals surface area contributed by atoms with E-state index in [1.807, 2.05) is 0 Å². The molecule has 0 atom stereocenters. The Balaban J connectivity index is 3.00. The molecule has 0 aromatic rings. The molecule has 0 fully saturated rings. The number of carbonyl (C=O) groups is 1. The standard InChI is InChI=1S/C4H7BrO2/c5-3-4(7)1-2-6/h6H,1-3H2. The summed E-state index contributed by atoms with van der Waals surface area (Å²) >= 11 is 2.96. The van der Waals surface area contributed by atoms with Crippen LogP contribution in [0, 0.1) is 0 Å². The van der Waals surface area contributed by atoms with Gasteiger partial charge in [-0.3, -0.25) is 4.79 Å². The van der Waals surface area contributed by atoms with E-state index in [0.717, 1.165) is 0 Å². The summed E-state index contributed by atoms with van der Waals surface area (Å²) in [5, 5.41) is 8.48. The average molecular weight is 167 g/mol. The summed E-state index contributed by atoms with van der Waals surface area (Å²) in [6.07, 6.45) is 0.269. The molecule has 0 heterocycles. The van der Waals surface area contributed by atoms with Crippen molar-refractivity contribution in [3.63, 3.8) is 0 Å². The van der Waals surface area contributed by atoms with Gasteiger partial charge in [-0.05, 0) is 0 Å². The number of Topliss-reactive ketones (excluding diaryl/α,β-unsaturated/α-hetero) is 1. The molecule has 0 spiro atoms. The predicted octanol–water partition coefficient (Wildman–Crippen LogP) is 0.333. The van der Waals surface area contributed by atoms with Crippen molar-refractivity contribution >= 4 is 21.7 Å². The first kappa shape index (κ1) is 7.11. The fraction of sp³-hybridized carbons (Fsp3) is 0.750. The molecule has 0 aliphatic carbocycles. The van der Waals surface area contributed by atoms with Crippen LogP contribution in [0.15, 0.2) is 0 Å². The molecule has 7 heavy (non-hydrogen) atoms. The van der Waals surface area contributed by atoms with E-state index in [4.69, 9.17) is 5.11 Å². The quantitative estimate of drug-likeness (QED) is 0.615. The summed E-state index contributed by atoms with van der Waals surface area (Å²) in [6, 6.07) is 0. The molecule has 0 saturated heterocycles. The van der Waals surface area contributed by atoms with Gasteiger partial charge in [-0.1, -0.05) is 15.9 Å². The number of aliphatic hydroxyl groups is 1. The van der Waals surface area contributed by atoms with E-state index < -0.39 is 0 Å². The molecule has 42 valence electrons. The maximum absolute atomic E-state index is 10.2. The van der Waals surface area contributed by atoms with Crippen molar-refractivity contribution in [2.75, 3.05) is 11.9 Å². The second-order valence-electron chi connectivity index (χ2n) is 1.15. The molecule has 0 aromatic heterocycles. The molecule has 0 radical (unpaired) electrons. The van der Waals surface area contributed by atoms with Gasteiger partial charge < -0.3 is 5.11 Å². The van der Waals surface area contributed by atoms with Crippen molar-refractivity contribution in [2.24, 2.45) is 0 Å². The summed E-state index contributed by atoms with van der Waals surface area (Å²) in [5.41, 5.74) is 0. The van der Waals surface area contributed by atoms with E-state index in [1.54, 1.807) is 0 Å². The fourth-order valence-electron chi connectivity index (χ4n) is 0.192. The number of halogens is 1. The molecule has 0 rings (SSSR count). The maximum Gasteiger partial charge on any atom is 0.145 e. The number of ketones is 1. The summed E-state index contributed by atoms with van der Waals surface area (Å²) in [6.45, 7) is -0.0373. The Morgan fingerprint density at radius 3 is 2.43 bits per heavy atom. The van der Waals surface area contributed by atoms with Crippen molar-refractivity contribution < 1.29 is 9.90 Å². The van der Waals surface area contributed by atoms with Gasteiger partial charge in [0.25, 0.3) is 0 Å². The van der Waals surface area contributed by atoms with E-state index in [0.29, 0.717) is 5.33 Å². The van der Waals surface area contributed by atoms with Crippen LogP contribution in [0.25, 0.3) is 0 Å². The van der Waals surface area contributed by atoms with Crippen LogP contribution >= 0.6 is 15.9 Å². The molecule has 0 bridgehead atoms. The average Bonchev–Trinajstić information content (AvgIpc) is 1.68. The Bertz CT molecular complexity index is 62.7. The Kier molecular flexibility index (Phi) is 4.34. The molecule has 0 amide bonds. The molecule has 0 unspecified atom stereocenters. The normalized spacial score (nSPS) is 8.86. The monoisotopic (exact) mass is 166 g/mol. The molecule has 2 nitrogen and oxygen atoms in total. The Hall–Kier alpha value is 0.110. The third-order valence-corrected chi connectivity index (χ3v) is 1.17. The minimum atomic E-state index is -0.0373. The van der Waals surface area contributed by atoms with Crippen LogP contribution in [0.4, 0.5) is 0 Å². The number of aliphatic hydroxyl groups excluding tert-OH is 1. The zero-order valence-corrected chi connectivity index (χ0v) is 5.44. The summed E-state index contributed by atoms with van der Waals surface area (Å²) in [4.78, 5) is 10.2. The third-order valence-electron chi connectivity index (χ3n) is 0.540. The van der Waals surface area contributed by atoms with Gasteiger partial charge in [0.2, 0.25) is 0 Å². The van der Waals surface area contributed by atoms with Gasteiger partial charge in [0.1, 0.15) is 5.78 Å². The Labute approximate surface area is 50.7 Å². The van der Waals surface area contributed by atoms with Crippen LogP contribution in [0.3, 0.4) is 0 Å². The minimum absolute atomic E-state index is 0.0373. The SMILES string of the molecule is O=C(CBr)CCO. The lowest BCUT2D eigenvalue weighted by Crippen LogP contribution is -2.00. The molecule has 0 aliphatic rings. The van der Waals surface area contributed by atoms with Gasteiger partial charge >= 0.3 is 0 Å². The summed E-state index contributed by atoms with van der Waals surface area (Å²) < 4.78 is 0. The first-order chi connectivity index (χ1) is 3.31. The second kappa shape index (κ2) is 4.27. The molecule has 3 heteroatoms. The number of rotatable bonds is 3. The van der Waals surface area contributed by atoms with Gasteiger partial charge in [0, 0.05) is 13.0 Å². The lowest BCUT2D eigenvalue weighted by Gasteiger charge is -1.85. The highest BCUT2D eigenvalue weighted by Crippen LogP contribution is 1.85. The Morgan fingerprint density at radius 1 is 1.71 bits per heavy atom. The first-order valence-corrected chi connectivity index (χ1v) is 3.12. The summed E-state index contributed by atoms with van der Waals surface area (Å²) in [7, 11) is 0. The van der Waals surface area contributed by atoms with Crippen LogP contribution < -0.4 is 0 Å². The smallest absolute Gasteiger partial charge is 0.145 e. The molecule has 1 N–H and O–H groups in total. The largest absolute Gasteiger partial charge is 0.396 e. The third kappa shape index (κ3) is 3.95. The fourth-order valence-corrected chi connectivity index (χ4v) is 0.472. The van der Waals surface area contributed by atoms with Crippen LogP contribution in [0.5, 0.6) is 0 Å². The highest BCUT2D eigenvalue weighted by atomic mass is 79.9. The highest BCUT2D eigenvalue weighted by Gasteiger charge is 1.93. The predicted molar refractivity (Wildman–Crippen MR) is 30.5 cm³/mol. The van der Waals surface area contributed by atoms with Gasteiger partial charge in [-0.25, -0.2) is 0 Å². The van der Waals surface area contributed by atoms with E-state index in [1.165, 1.54) is 0 Å². The van der Waals surface area contributed by atoms with E-state index in [-0.39, 0.29) is 18.8 Å². The van der Waals surface area contributed by atoms with Crippen molar-refractivity contribution in [1.29, 1.82) is 0 Å². The van der Waals surface area contributed by atoms with Gasteiger partial charge in [0.15, 0.2) is 0 Å².